The van der Waals surface area contributed by atoms with Gasteiger partial charge < -0.3 is 20.1 Å². The molecule has 0 fully saturated rings. The molecule has 1 aliphatic heterocycles. The normalized spacial score (nSPS) is 13.6. The molecule has 0 atom stereocenters. The van der Waals surface area contributed by atoms with Crippen LogP contribution in [0.2, 0.25) is 0 Å². The van der Waals surface area contributed by atoms with E-state index < -0.39 is 5.54 Å². The summed E-state index contributed by atoms with van der Waals surface area (Å²) in [7, 11) is 0. The molecule has 1 heterocycles. The van der Waals surface area contributed by atoms with Crippen molar-refractivity contribution in [2.45, 2.75) is 45.6 Å². The number of hydrogen-bond donors (Lipinski definition) is 2. The van der Waals surface area contributed by atoms with Gasteiger partial charge in [0, 0.05) is 6.54 Å². The summed E-state index contributed by atoms with van der Waals surface area (Å²) in [5, 5.41) is 5.91. The van der Waals surface area contributed by atoms with E-state index in [1.807, 2.05) is 32.0 Å². The third kappa shape index (κ3) is 4.29. The Kier molecular flexibility index (Phi) is 5.52. The fourth-order valence-corrected chi connectivity index (χ4v) is 2.41. The van der Waals surface area contributed by atoms with E-state index in [2.05, 4.69) is 17.6 Å². The molecular formula is C17H26N2O3. The lowest BCUT2D eigenvalue weighted by atomic mass is 9.94. The molecule has 2 rings (SSSR count). The van der Waals surface area contributed by atoms with Gasteiger partial charge in [-0.25, -0.2) is 4.79 Å². The molecule has 0 unspecified atom stereocenters. The molecular weight excluding hydrogens is 280 g/mol. The highest BCUT2D eigenvalue weighted by molar-refractivity contribution is 5.75. The lowest BCUT2D eigenvalue weighted by molar-refractivity contribution is 0.171. The van der Waals surface area contributed by atoms with E-state index in [1.165, 1.54) is 0 Å². The lowest BCUT2D eigenvalue weighted by Gasteiger charge is -2.28. The molecule has 1 aromatic carbocycles. The van der Waals surface area contributed by atoms with Gasteiger partial charge in [0.15, 0.2) is 11.5 Å². The number of rotatable bonds is 6. The van der Waals surface area contributed by atoms with Crippen LogP contribution in [-0.4, -0.2) is 25.8 Å². The predicted molar refractivity (Wildman–Crippen MR) is 86.5 cm³/mol. The van der Waals surface area contributed by atoms with Crippen molar-refractivity contribution in [1.29, 1.82) is 0 Å². The van der Waals surface area contributed by atoms with E-state index >= 15 is 0 Å². The minimum Gasteiger partial charge on any atom is -0.486 e. The Labute approximate surface area is 132 Å². The van der Waals surface area contributed by atoms with Crippen LogP contribution in [0, 0.1) is 0 Å². The first-order valence-corrected chi connectivity index (χ1v) is 7.99. The van der Waals surface area contributed by atoms with E-state index in [0.717, 1.165) is 36.3 Å². The van der Waals surface area contributed by atoms with Gasteiger partial charge in [-0.3, -0.25) is 0 Å². The number of benzene rings is 1. The maximum atomic E-state index is 12.0. The molecule has 22 heavy (non-hydrogen) atoms. The topological polar surface area (TPSA) is 59.6 Å². The number of carbonyl (C=O) groups excluding carboxylic acids is 1. The van der Waals surface area contributed by atoms with Crippen LogP contribution >= 0.6 is 0 Å². The van der Waals surface area contributed by atoms with E-state index in [9.17, 15) is 4.79 Å². The third-order valence-electron chi connectivity index (χ3n) is 3.76. The summed E-state index contributed by atoms with van der Waals surface area (Å²) in [5.74, 6) is 1.50. The summed E-state index contributed by atoms with van der Waals surface area (Å²) in [6, 6.07) is 5.65. The predicted octanol–water partition coefficient (Wildman–Crippen LogP) is 3.18. The molecule has 0 aliphatic carbocycles. The number of unbranched alkanes of at least 4 members (excludes halogenated alkanes) is 2. The van der Waals surface area contributed by atoms with Gasteiger partial charge in [0.25, 0.3) is 0 Å². The number of amides is 2. The Balaban J connectivity index is 1.96. The van der Waals surface area contributed by atoms with E-state index in [4.69, 9.17) is 9.47 Å². The van der Waals surface area contributed by atoms with Gasteiger partial charge in [0.1, 0.15) is 13.2 Å². The van der Waals surface area contributed by atoms with Gasteiger partial charge in [-0.1, -0.05) is 25.8 Å². The van der Waals surface area contributed by atoms with E-state index in [1.54, 1.807) is 0 Å². The molecule has 1 aliphatic rings. The van der Waals surface area contributed by atoms with Crippen LogP contribution < -0.4 is 20.1 Å². The fourth-order valence-electron chi connectivity index (χ4n) is 2.41. The highest BCUT2D eigenvalue weighted by Crippen LogP contribution is 2.34. The summed E-state index contributed by atoms with van der Waals surface area (Å²) in [6.45, 7) is 7.94. The molecule has 0 radical (unpaired) electrons. The zero-order valence-corrected chi connectivity index (χ0v) is 13.7. The first-order chi connectivity index (χ1) is 10.5. The largest absolute Gasteiger partial charge is 0.486 e. The standard InChI is InChI=1S/C17H26N2O3/c1-4-5-6-9-18-16(20)19-17(2,3)13-7-8-14-15(12-13)22-11-10-21-14/h7-8,12H,4-6,9-11H2,1-3H3,(H2,18,19,20). The first kappa shape index (κ1) is 16.5. The minimum atomic E-state index is -0.481. The maximum absolute atomic E-state index is 12.0. The van der Waals surface area contributed by atoms with Gasteiger partial charge in [-0.2, -0.15) is 0 Å². The highest BCUT2D eigenvalue weighted by atomic mass is 16.6. The molecule has 0 saturated carbocycles. The number of fused-ring (bicyclic) bond motifs is 1. The summed E-state index contributed by atoms with van der Waals surface area (Å²) < 4.78 is 11.1. The van der Waals surface area contributed by atoms with E-state index in [-0.39, 0.29) is 6.03 Å². The Morgan fingerprint density at radius 2 is 1.91 bits per heavy atom. The van der Waals surface area contributed by atoms with Crippen LogP contribution in [0.4, 0.5) is 4.79 Å². The summed E-state index contributed by atoms with van der Waals surface area (Å²) in [5.41, 5.74) is 0.505. The van der Waals surface area contributed by atoms with Gasteiger partial charge in [-0.05, 0) is 38.0 Å². The van der Waals surface area contributed by atoms with Crippen LogP contribution in [0.25, 0.3) is 0 Å². The molecule has 0 aromatic heterocycles. The Hall–Kier alpha value is -1.91. The second kappa shape index (κ2) is 7.38. The quantitative estimate of drug-likeness (QED) is 0.794. The van der Waals surface area contributed by atoms with Gasteiger partial charge in [-0.15, -0.1) is 0 Å². The van der Waals surface area contributed by atoms with Crippen molar-refractivity contribution >= 4 is 6.03 Å². The van der Waals surface area contributed by atoms with Gasteiger partial charge in [0.2, 0.25) is 0 Å². The van der Waals surface area contributed by atoms with Crippen LogP contribution in [0.1, 0.15) is 45.6 Å². The van der Waals surface area contributed by atoms with Crippen molar-refractivity contribution in [3.05, 3.63) is 23.8 Å². The lowest BCUT2D eigenvalue weighted by Crippen LogP contribution is -2.46. The van der Waals surface area contributed by atoms with Crippen LogP contribution in [0.3, 0.4) is 0 Å². The Morgan fingerprint density at radius 3 is 2.64 bits per heavy atom. The number of ether oxygens (including phenoxy) is 2. The van der Waals surface area contributed by atoms with Crippen molar-refractivity contribution in [2.24, 2.45) is 0 Å². The number of urea groups is 1. The molecule has 0 spiro atoms. The van der Waals surface area contributed by atoms with Crippen molar-refractivity contribution in [3.63, 3.8) is 0 Å². The fraction of sp³-hybridized carbons (Fsp3) is 0.588. The average molecular weight is 306 g/mol. The Bertz CT molecular complexity index is 515. The second-order valence-corrected chi connectivity index (χ2v) is 6.07. The summed E-state index contributed by atoms with van der Waals surface area (Å²) in [6.07, 6.45) is 3.28. The summed E-state index contributed by atoms with van der Waals surface area (Å²) >= 11 is 0. The molecule has 2 N–H and O–H groups in total. The average Bonchev–Trinajstić information content (AvgIpc) is 2.50. The van der Waals surface area contributed by atoms with Crippen LogP contribution in [-0.2, 0) is 5.54 Å². The molecule has 0 saturated heterocycles. The zero-order valence-electron chi connectivity index (χ0n) is 13.7. The van der Waals surface area contributed by atoms with Crippen molar-refractivity contribution < 1.29 is 14.3 Å². The highest BCUT2D eigenvalue weighted by Gasteiger charge is 2.25. The molecule has 122 valence electrons. The monoisotopic (exact) mass is 306 g/mol. The molecule has 2 amide bonds. The smallest absolute Gasteiger partial charge is 0.315 e. The summed E-state index contributed by atoms with van der Waals surface area (Å²) in [4.78, 5) is 12.0. The Morgan fingerprint density at radius 1 is 1.18 bits per heavy atom. The molecule has 5 heteroatoms. The molecule has 1 aromatic rings. The van der Waals surface area contributed by atoms with Gasteiger partial charge >= 0.3 is 6.03 Å². The minimum absolute atomic E-state index is 0.143. The number of carbonyl (C=O) groups is 1. The van der Waals surface area contributed by atoms with Crippen LogP contribution in [0.15, 0.2) is 18.2 Å². The van der Waals surface area contributed by atoms with Crippen molar-refractivity contribution in [1.82, 2.24) is 10.6 Å². The molecule has 5 nitrogen and oxygen atoms in total. The third-order valence-corrected chi connectivity index (χ3v) is 3.76. The second-order valence-electron chi connectivity index (χ2n) is 6.07. The van der Waals surface area contributed by atoms with Crippen molar-refractivity contribution in [3.8, 4) is 11.5 Å². The number of hydrogen-bond acceptors (Lipinski definition) is 3. The van der Waals surface area contributed by atoms with Crippen LogP contribution in [0.5, 0.6) is 11.5 Å². The maximum Gasteiger partial charge on any atom is 0.315 e. The zero-order chi connectivity index (χ0) is 16.0. The first-order valence-electron chi connectivity index (χ1n) is 7.99. The van der Waals surface area contributed by atoms with Gasteiger partial charge in [0.05, 0.1) is 5.54 Å². The SMILES string of the molecule is CCCCCNC(=O)NC(C)(C)c1ccc2c(c1)OCCO2. The number of nitrogens with one attached hydrogen (secondary N) is 2. The van der Waals surface area contributed by atoms with Crippen molar-refractivity contribution in [2.75, 3.05) is 19.8 Å². The van der Waals surface area contributed by atoms with E-state index in [0.29, 0.717) is 19.8 Å². The molecule has 0 bridgehead atoms.